The number of carboxylic acids is 1. The number of carboxylic acid groups (broad SMARTS) is 1. The van der Waals surface area contributed by atoms with Crippen LogP contribution in [0.3, 0.4) is 0 Å². The van der Waals surface area contributed by atoms with Gasteiger partial charge in [-0.1, -0.05) is 13.0 Å². The zero-order valence-corrected chi connectivity index (χ0v) is 10.7. The minimum Gasteiger partial charge on any atom is -0.480 e. The van der Waals surface area contributed by atoms with Crippen LogP contribution >= 0.6 is 0 Å². The van der Waals surface area contributed by atoms with E-state index in [1.54, 1.807) is 13.0 Å². The molecular formula is C13H15NO5. The number of carbonyl (C=O) groups excluding carboxylic acids is 2. The van der Waals surface area contributed by atoms with Crippen LogP contribution in [-0.2, 0) is 9.59 Å². The van der Waals surface area contributed by atoms with Gasteiger partial charge in [-0.25, -0.2) is 4.79 Å². The Morgan fingerprint density at radius 3 is 2.58 bits per heavy atom. The van der Waals surface area contributed by atoms with Crippen molar-refractivity contribution in [3.05, 3.63) is 29.8 Å². The van der Waals surface area contributed by atoms with Crippen LogP contribution in [0.4, 0.5) is 0 Å². The minimum atomic E-state index is -1.09. The molecule has 0 heterocycles. The normalized spacial score (nSPS) is 11.5. The molecule has 1 aromatic rings. The van der Waals surface area contributed by atoms with Crippen LogP contribution in [0.2, 0.25) is 0 Å². The molecule has 1 rings (SSSR count). The van der Waals surface area contributed by atoms with Crippen LogP contribution in [0.1, 0.15) is 30.6 Å². The first-order valence-corrected chi connectivity index (χ1v) is 5.76. The van der Waals surface area contributed by atoms with Gasteiger partial charge in [0.25, 0.3) is 5.91 Å². The maximum Gasteiger partial charge on any atom is 0.326 e. The fourth-order valence-electron chi connectivity index (χ4n) is 1.45. The number of esters is 1. The van der Waals surface area contributed by atoms with Crippen molar-refractivity contribution < 1.29 is 24.2 Å². The van der Waals surface area contributed by atoms with Crippen LogP contribution in [0.25, 0.3) is 0 Å². The number of hydrogen-bond donors (Lipinski definition) is 2. The summed E-state index contributed by atoms with van der Waals surface area (Å²) < 4.78 is 4.85. The number of amides is 1. The smallest absolute Gasteiger partial charge is 0.326 e. The molecule has 1 atom stereocenters. The SMILES string of the molecule is CC[C@H](NC(=O)c1cccc(OC(C)=O)c1)C(=O)O. The van der Waals surface area contributed by atoms with Crippen LogP contribution in [0.5, 0.6) is 5.75 Å². The van der Waals surface area contributed by atoms with Gasteiger partial charge in [0.15, 0.2) is 0 Å². The van der Waals surface area contributed by atoms with E-state index in [2.05, 4.69) is 5.32 Å². The molecule has 0 aliphatic rings. The fourth-order valence-corrected chi connectivity index (χ4v) is 1.45. The summed E-state index contributed by atoms with van der Waals surface area (Å²) in [6.07, 6.45) is 0.282. The Balaban J connectivity index is 2.82. The summed E-state index contributed by atoms with van der Waals surface area (Å²) in [5.74, 6) is -1.87. The first kappa shape index (κ1) is 14.7. The third-order valence-electron chi connectivity index (χ3n) is 2.37. The molecule has 0 saturated heterocycles. The number of ether oxygens (including phenoxy) is 1. The van der Waals surface area contributed by atoms with E-state index in [-0.39, 0.29) is 17.7 Å². The molecule has 0 fully saturated rings. The molecule has 1 aromatic carbocycles. The topological polar surface area (TPSA) is 92.7 Å². The molecule has 102 valence electrons. The van der Waals surface area contributed by atoms with E-state index in [9.17, 15) is 14.4 Å². The number of carbonyl (C=O) groups is 3. The molecule has 2 N–H and O–H groups in total. The summed E-state index contributed by atoms with van der Waals surface area (Å²) in [5.41, 5.74) is 0.235. The Morgan fingerprint density at radius 1 is 1.37 bits per heavy atom. The van der Waals surface area contributed by atoms with E-state index in [1.165, 1.54) is 25.1 Å². The predicted octanol–water partition coefficient (Wildman–Crippen LogP) is 1.20. The predicted molar refractivity (Wildman–Crippen MR) is 66.9 cm³/mol. The monoisotopic (exact) mass is 265 g/mol. The first-order valence-electron chi connectivity index (χ1n) is 5.76. The molecule has 0 bridgehead atoms. The van der Waals surface area contributed by atoms with E-state index in [4.69, 9.17) is 9.84 Å². The molecule has 0 unspecified atom stereocenters. The van der Waals surface area contributed by atoms with Crippen molar-refractivity contribution in [3.8, 4) is 5.75 Å². The number of hydrogen-bond acceptors (Lipinski definition) is 4. The maximum absolute atomic E-state index is 11.8. The molecule has 0 spiro atoms. The van der Waals surface area contributed by atoms with Crippen LogP contribution in [0, 0.1) is 0 Å². The Morgan fingerprint density at radius 2 is 2.05 bits per heavy atom. The van der Waals surface area contributed by atoms with Crippen molar-refractivity contribution in [2.24, 2.45) is 0 Å². The van der Waals surface area contributed by atoms with Crippen molar-refractivity contribution in [3.63, 3.8) is 0 Å². The number of nitrogens with one attached hydrogen (secondary N) is 1. The average Bonchev–Trinajstić information content (AvgIpc) is 2.34. The van der Waals surface area contributed by atoms with E-state index in [0.29, 0.717) is 0 Å². The van der Waals surface area contributed by atoms with Gasteiger partial charge in [0.05, 0.1) is 0 Å². The summed E-state index contributed by atoms with van der Waals surface area (Å²) in [4.78, 5) is 33.5. The molecule has 0 aliphatic heterocycles. The van der Waals surface area contributed by atoms with Crippen LogP contribution in [-0.4, -0.2) is 29.0 Å². The molecule has 1 amide bonds. The Bertz CT molecular complexity index is 498. The summed E-state index contributed by atoms with van der Waals surface area (Å²) in [5, 5.41) is 11.2. The van der Waals surface area contributed by atoms with Gasteiger partial charge >= 0.3 is 11.9 Å². The lowest BCUT2D eigenvalue weighted by atomic mass is 10.1. The molecule has 6 heteroatoms. The van der Waals surface area contributed by atoms with Gasteiger partial charge in [-0.3, -0.25) is 9.59 Å². The second-order valence-corrected chi connectivity index (χ2v) is 3.89. The molecular weight excluding hydrogens is 250 g/mol. The highest BCUT2D eigenvalue weighted by atomic mass is 16.5. The summed E-state index contributed by atoms with van der Waals surface area (Å²) in [6, 6.07) is 5.04. The van der Waals surface area contributed by atoms with Gasteiger partial charge in [0.1, 0.15) is 11.8 Å². The maximum atomic E-state index is 11.8. The lowest BCUT2D eigenvalue weighted by Gasteiger charge is -2.12. The minimum absolute atomic E-state index is 0.235. The molecule has 19 heavy (non-hydrogen) atoms. The Hall–Kier alpha value is -2.37. The number of rotatable bonds is 5. The van der Waals surface area contributed by atoms with E-state index >= 15 is 0 Å². The van der Waals surface area contributed by atoms with Gasteiger partial charge in [-0.05, 0) is 24.6 Å². The van der Waals surface area contributed by atoms with Gasteiger partial charge < -0.3 is 15.2 Å². The zero-order chi connectivity index (χ0) is 14.4. The van der Waals surface area contributed by atoms with Crippen molar-refractivity contribution in [2.45, 2.75) is 26.3 Å². The molecule has 6 nitrogen and oxygen atoms in total. The summed E-state index contributed by atoms with van der Waals surface area (Å²) in [7, 11) is 0. The average molecular weight is 265 g/mol. The fraction of sp³-hybridized carbons (Fsp3) is 0.308. The first-order chi connectivity index (χ1) is 8.93. The molecule has 0 aromatic heterocycles. The van der Waals surface area contributed by atoms with Gasteiger partial charge in [-0.2, -0.15) is 0 Å². The quantitative estimate of drug-likeness (QED) is 0.616. The van der Waals surface area contributed by atoms with Crippen LogP contribution in [0.15, 0.2) is 24.3 Å². The third-order valence-corrected chi connectivity index (χ3v) is 2.37. The standard InChI is InChI=1S/C13H15NO5/c1-3-11(13(17)18)14-12(16)9-5-4-6-10(7-9)19-8(2)15/h4-7,11H,3H2,1-2H3,(H,14,16)(H,17,18)/t11-/m0/s1. The number of aliphatic carboxylic acids is 1. The lowest BCUT2D eigenvalue weighted by molar-refractivity contribution is -0.139. The van der Waals surface area contributed by atoms with Crippen molar-refractivity contribution in [2.75, 3.05) is 0 Å². The second-order valence-electron chi connectivity index (χ2n) is 3.89. The highest BCUT2D eigenvalue weighted by Crippen LogP contribution is 2.13. The molecule has 0 radical (unpaired) electrons. The van der Waals surface area contributed by atoms with Crippen molar-refractivity contribution >= 4 is 17.8 Å². The Labute approximate surface area is 110 Å². The Kier molecular flexibility index (Phi) is 5.05. The molecule has 0 aliphatic carbocycles. The second kappa shape index (κ2) is 6.53. The summed E-state index contributed by atoms with van der Waals surface area (Å²) >= 11 is 0. The van der Waals surface area contributed by atoms with E-state index < -0.39 is 23.9 Å². The van der Waals surface area contributed by atoms with Gasteiger partial charge in [0.2, 0.25) is 0 Å². The van der Waals surface area contributed by atoms with E-state index in [0.717, 1.165) is 0 Å². The van der Waals surface area contributed by atoms with E-state index in [1.807, 2.05) is 0 Å². The largest absolute Gasteiger partial charge is 0.480 e. The van der Waals surface area contributed by atoms with Gasteiger partial charge in [0, 0.05) is 12.5 Å². The zero-order valence-electron chi connectivity index (χ0n) is 10.7. The summed E-state index contributed by atoms with van der Waals surface area (Å²) in [6.45, 7) is 2.92. The van der Waals surface area contributed by atoms with Crippen LogP contribution < -0.4 is 10.1 Å². The highest BCUT2D eigenvalue weighted by molar-refractivity contribution is 5.97. The van der Waals surface area contributed by atoms with Gasteiger partial charge in [-0.15, -0.1) is 0 Å². The third kappa shape index (κ3) is 4.42. The van der Waals surface area contributed by atoms with Crippen molar-refractivity contribution in [1.29, 1.82) is 0 Å². The molecule has 0 saturated carbocycles. The number of benzene rings is 1. The lowest BCUT2D eigenvalue weighted by Crippen LogP contribution is -2.40. The highest BCUT2D eigenvalue weighted by Gasteiger charge is 2.18. The van der Waals surface area contributed by atoms with Crippen molar-refractivity contribution in [1.82, 2.24) is 5.32 Å².